The van der Waals surface area contributed by atoms with Gasteiger partial charge in [-0.25, -0.2) is 0 Å². The minimum Gasteiger partial charge on any atom is -0.356 e. The number of nitrogens with one attached hydrogen (secondary N) is 2. The number of allylic oxidation sites excluding steroid dienone is 6. The minimum atomic E-state index is -0.0755. The zero-order valence-corrected chi connectivity index (χ0v) is 28.4. The predicted octanol–water partition coefficient (Wildman–Crippen LogP) is 6.88. The fourth-order valence-electron chi connectivity index (χ4n) is 6.82. The van der Waals surface area contributed by atoms with E-state index in [-0.39, 0.29) is 16.7 Å². The Hall–Kier alpha value is -3.48. The Morgan fingerprint density at radius 2 is 1.56 bits per heavy atom. The van der Waals surface area contributed by atoms with Crippen molar-refractivity contribution in [3.8, 4) is 0 Å². The van der Waals surface area contributed by atoms with Gasteiger partial charge in [0.15, 0.2) is 5.71 Å². The van der Waals surface area contributed by atoms with Crippen LogP contribution in [-0.4, -0.2) is 56.0 Å². The largest absolute Gasteiger partial charge is 0.356 e. The molecule has 242 valence electrons. The third-order valence-electron chi connectivity index (χ3n) is 9.42. The zero-order valence-electron chi connectivity index (χ0n) is 28.4. The summed E-state index contributed by atoms with van der Waals surface area (Å²) in [6, 6.07) is 17.5. The van der Waals surface area contributed by atoms with E-state index in [0.717, 1.165) is 71.2 Å². The fourth-order valence-corrected chi connectivity index (χ4v) is 6.82. The lowest BCUT2D eigenvalue weighted by atomic mass is 9.81. The first-order valence-electron chi connectivity index (χ1n) is 17.0. The molecule has 0 radical (unpaired) electrons. The third-order valence-corrected chi connectivity index (χ3v) is 9.42. The van der Waals surface area contributed by atoms with Crippen LogP contribution in [0.4, 0.5) is 11.4 Å². The highest BCUT2D eigenvalue weighted by Gasteiger charge is 2.42. The van der Waals surface area contributed by atoms with Crippen LogP contribution in [0.2, 0.25) is 0 Å². The first-order chi connectivity index (χ1) is 21.7. The molecule has 2 heterocycles. The quantitative estimate of drug-likeness (QED) is 0.104. The number of amides is 1. The van der Waals surface area contributed by atoms with Crippen molar-refractivity contribution in [3.63, 3.8) is 0 Å². The summed E-state index contributed by atoms with van der Waals surface area (Å²) in [5.74, 6) is 0.166. The summed E-state index contributed by atoms with van der Waals surface area (Å²) in [5, 5.41) is 6.48. The van der Waals surface area contributed by atoms with Crippen molar-refractivity contribution < 1.29 is 9.37 Å². The number of rotatable bonds is 17. The summed E-state index contributed by atoms with van der Waals surface area (Å²) in [4.78, 5) is 14.8. The van der Waals surface area contributed by atoms with E-state index in [1.165, 1.54) is 33.9 Å². The SMILES string of the molecule is C[N+]1=C(/C=C/C=C/C=C2/N(CCCCCC(=O)NCCCNCCCCN)c3ccccc3C2(C)C)C(C)(C)c2ccccc21. The van der Waals surface area contributed by atoms with Gasteiger partial charge in [0.05, 0.1) is 5.41 Å². The molecule has 2 aromatic rings. The van der Waals surface area contributed by atoms with Crippen molar-refractivity contribution in [2.24, 2.45) is 5.73 Å². The zero-order chi connectivity index (χ0) is 32.3. The van der Waals surface area contributed by atoms with Crippen LogP contribution in [0.3, 0.4) is 0 Å². The maximum atomic E-state index is 12.3. The van der Waals surface area contributed by atoms with Crippen LogP contribution in [0, 0.1) is 0 Å². The van der Waals surface area contributed by atoms with Gasteiger partial charge >= 0.3 is 0 Å². The van der Waals surface area contributed by atoms with E-state index in [0.29, 0.717) is 6.42 Å². The van der Waals surface area contributed by atoms with E-state index in [2.05, 4.69) is 134 Å². The molecule has 0 saturated heterocycles. The highest BCUT2D eigenvalue weighted by molar-refractivity contribution is 6.03. The summed E-state index contributed by atoms with van der Waals surface area (Å²) >= 11 is 0. The average Bonchev–Trinajstić information content (AvgIpc) is 3.36. The Kier molecular flexibility index (Phi) is 12.4. The summed E-state index contributed by atoms with van der Waals surface area (Å²) in [7, 11) is 2.16. The molecule has 0 fully saturated rings. The van der Waals surface area contributed by atoms with E-state index in [1.54, 1.807) is 0 Å². The van der Waals surface area contributed by atoms with Crippen LogP contribution >= 0.6 is 0 Å². The van der Waals surface area contributed by atoms with Crippen LogP contribution in [0.25, 0.3) is 0 Å². The molecular formula is C39H56N5O+. The molecule has 0 aliphatic carbocycles. The number of hydrogen-bond acceptors (Lipinski definition) is 4. The van der Waals surface area contributed by atoms with Crippen LogP contribution in [-0.2, 0) is 15.6 Å². The van der Waals surface area contributed by atoms with Crippen LogP contribution in [0.1, 0.15) is 83.8 Å². The fraction of sp³-hybridized carbons (Fsp3) is 0.487. The molecule has 6 nitrogen and oxygen atoms in total. The Balaban J connectivity index is 1.29. The highest BCUT2D eigenvalue weighted by Crippen LogP contribution is 2.47. The summed E-state index contributed by atoms with van der Waals surface area (Å²) < 4.78 is 2.31. The van der Waals surface area contributed by atoms with Gasteiger partial charge in [0.2, 0.25) is 11.6 Å². The number of nitrogens with zero attached hydrogens (tertiary/aromatic N) is 2. The second-order valence-electron chi connectivity index (χ2n) is 13.4. The Labute approximate surface area is 272 Å². The van der Waals surface area contributed by atoms with Crippen molar-refractivity contribution in [3.05, 3.63) is 95.7 Å². The van der Waals surface area contributed by atoms with Crippen molar-refractivity contribution in [1.82, 2.24) is 10.6 Å². The number of fused-ring (bicyclic) bond motifs is 2. The highest BCUT2D eigenvalue weighted by atomic mass is 16.1. The number of carbonyl (C=O) groups excluding carboxylic acids is 1. The van der Waals surface area contributed by atoms with Crippen molar-refractivity contribution >= 4 is 23.0 Å². The Bertz CT molecular complexity index is 1410. The number of benzene rings is 2. The molecule has 2 aliphatic heterocycles. The third kappa shape index (κ3) is 8.42. The van der Waals surface area contributed by atoms with Gasteiger partial charge in [0, 0.05) is 54.0 Å². The summed E-state index contributed by atoms with van der Waals surface area (Å²) in [6.45, 7) is 13.6. The first kappa shape index (κ1) is 34.4. The van der Waals surface area contributed by atoms with Gasteiger partial charge in [-0.1, -0.05) is 74.9 Å². The molecule has 0 bridgehead atoms. The summed E-state index contributed by atoms with van der Waals surface area (Å²) in [6.07, 6.45) is 17.8. The molecule has 0 aromatic heterocycles. The average molecular weight is 611 g/mol. The molecule has 2 aliphatic rings. The first-order valence-corrected chi connectivity index (χ1v) is 17.0. The molecule has 0 saturated carbocycles. The van der Waals surface area contributed by atoms with Crippen molar-refractivity contribution in [2.75, 3.05) is 44.7 Å². The lowest BCUT2D eigenvalue weighted by molar-refractivity contribution is -0.401. The van der Waals surface area contributed by atoms with Crippen LogP contribution in [0.15, 0.2) is 84.6 Å². The van der Waals surface area contributed by atoms with E-state index in [1.807, 2.05) is 0 Å². The number of nitrogens with two attached hydrogens (primary N) is 1. The topological polar surface area (TPSA) is 73.4 Å². The number of unbranched alkanes of at least 4 members (excludes halogenated alkanes) is 3. The van der Waals surface area contributed by atoms with Gasteiger partial charge in [-0.15, -0.1) is 0 Å². The van der Waals surface area contributed by atoms with Crippen LogP contribution in [0.5, 0.6) is 0 Å². The molecule has 4 rings (SSSR count). The van der Waals surface area contributed by atoms with E-state index in [4.69, 9.17) is 5.73 Å². The molecule has 2 aromatic carbocycles. The van der Waals surface area contributed by atoms with Gasteiger partial charge in [-0.05, 0) is 83.3 Å². The van der Waals surface area contributed by atoms with Crippen molar-refractivity contribution in [2.45, 2.75) is 83.5 Å². The lowest BCUT2D eigenvalue weighted by Gasteiger charge is -2.27. The lowest BCUT2D eigenvalue weighted by Crippen LogP contribution is -2.28. The van der Waals surface area contributed by atoms with Crippen LogP contribution < -0.4 is 21.3 Å². The van der Waals surface area contributed by atoms with Gasteiger partial charge in [0.1, 0.15) is 7.05 Å². The smallest absolute Gasteiger partial charge is 0.219 e. The Morgan fingerprint density at radius 3 is 2.33 bits per heavy atom. The number of carbonyl (C=O) groups is 1. The van der Waals surface area contributed by atoms with Crippen molar-refractivity contribution in [1.29, 1.82) is 0 Å². The molecule has 0 atom stereocenters. The normalized spacial score (nSPS) is 17.6. The predicted molar refractivity (Wildman–Crippen MR) is 191 cm³/mol. The molecule has 0 spiro atoms. The van der Waals surface area contributed by atoms with E-state index >= 15 is 0 Å². The van der Waals surface area contributed by atoms with E-state index in [9.17, 15) is 4.79 Å². The maximum absolute atomic E-state index is 12.3. The number of anilines is 1. The van der Waals surface area contributed by atoms with E-state index < -0.39 is 0 Å². The van der Waals surface area contributed by atoms with Gasteiger partial charge in [-0.2, -0.15) is 4.58 Å². The minimum absolute atomic E-state index is 0.0253. The second-order valence-corrected chi connectivity index (χ2v) is 13.4. The molecule has 4 N–H and O–H groups in total. The summed E-state index contributed by atoms with van der Waals surface area (Å²) in [5.41, 5.74) is 13.4. The molecule has 1 amide bonds. The number of hydrogen-bond donors (Lipinski definition) is 3. The maximum Gasteiger partial charge on any atom is 0.219 e. The Morgan fingerprint density at radius 1 is 0.822 bits per heavy atom. The van der Waals surface area contributed by atoms with Gasteiger partial charge in [-0.3, -0.25) is 4.79 Å². The van der Waals surface area contributed by atoms with Gasteiger partial charge < -0.3 is 21.3 Å². The number of para-hydroxylation sites is 2. The second kappa shape index (κ2) is 16.2. The van der Waals surface area contributed by atoms with Gasteiger partial charge in [0.25, 0.3) is 0 Å². The monoisotopic (exact) mass is 610 g/mol. The molecule has 45 heavy (non-hydrogen) atoms. The molecule has 6 heteroatoms. The standard InChI is InChI=1S/C39H55N5O/c1-38(2)31-19-11-13-21-33(31)43(5)35(38)23-8-6-9-24-36-39(3,4)32-20-12-14-22-34(32)44(36)30-17-7-10-25-37(45)42-29-18-28-41-27-16-15-26-40/h6,8-9,11-14,19-24,41H,7,10,15-18,25-30,40H2,1-5H3/p+1. The molecule has 0 unspecified atom stereocenters. The molecular weight excluding hydrogens is 554 g/mol.